The van der Waals surface area contributed by atoms with Crippen molar-refractivity contribution in [2.45, 2.75) is 26.8 Å². The van der Waals surface area contributed by atoms with Crippen molar-refractivity contribution in [2.24, 2.45) is 0 Å². The van der Waals surface area contributed by atoms with E-state index in [1.165, 1.54) is 0 Å². The zero-order valence-electron chi connectivity index (χ0n) is 12.4. The van der Waals surface area contributed by atoms with E-state index in [-0.39, 0.29) is 0 Å². The molecule has 0 saturated heterocycles. The molecule has 0 aliphatic heterocycles. The molecule has 8 nitrogen and oxygen atoms in total. The molecule has 0 atom stereocenters. The number of nitrogens with zero attached hydrogens (tertiary/aromatic N) is 5. The molecule has 0 amide bonds. The van der Waals surface area contributed by atoms with E-state index in [0.717, 1.165) is 26.1 Å². The molecular weight excluding hydrogens is 270 g/mol. The van der Waals surface area contributed by atoms with Gasteiger partial charge in [-0.05, 0) is 20.3 Å². The number of aryl methyl sites for hydroxylation is 1. The van der Waals surface area contributed by atoms with Gasteiger partial charge in [0.2, 0.25) is 11.9 Å². The van der Waals surface area contributed by atoms with Crippen LogP contribution in [0.5, 0.6) is 6.01 Å². The minimum absolute atomic E-state index is 0.334. The Labute approximate surface area is 124 Å². The fourth-order valence-corrected chi connectivity index (χ4v) is 1.75. The number of nitrogens with one attached hydrogen (secondary N) is 2. The molecule has 2 aromatic heterocycles. The number of aromatic nitrogens is 5. The molecule has 0 radical (unpaired) electrons. The molecule has 0 aliphatic carbocycles. The summed E-state index contributed by atoms with van der Waals surface area (Å²) in [6.45, 7) is 6.82. The van der Waals surface area contributed by atoms with Crippen LogP contribution in [0.2, 0.25) is 0 Å². The molecule has 2 heterocycles. The van der Waals surface area contributed by atoms with Crippen LogP contribution in [0.25, 0.3) is 0 Å². The van der Waals surface area contributed by atoms with Crippen molar-refractivity contribution in [3.63, 3.8) is 0 Å². The number of rotatable bonds is 9. The highest BCUT2D eigenvalue weighted by atomic mass is 16.5. The Kier molecular flexibility index (Phi) is 5.74. The maximum absolute atomic E-state index is 5.34. The summed E-state index contributed by atoms with van der Waals surface area (Å²) in [5.41, 5.74) is 0. The third-order valence-corrected chi connectivity index (χ3v) is 2.66. The summed E-state index contributed by atoms with van der Waals surface area (Å²) in [5.74, 6) is 1.04. The van der Waals surface area contributed by atoms with Gasteiger partial charge in [-0.15, -0.1) is 0 Å². The lowest BCUT2D eigenvalue weighted by molar-refractivity contribution is 0.312. The van der Waals surface area contributed by atoms with E-state index >= 15 is 0 Å². The normalized spacial score (nSPS) is 10.4. The van der Waals surface area contributed by atoms with Crippen molar-refractivity contribution < 1.29 is 4.74 Å². The second kappa shape index (κ2) is 8.03. The predicted octanol–water partition coefficient (Wildman–Crippen LogP) is 1.40. The summed E-state index contributed by atoms with van der Waals surface area (Å²) in [5, 5.41) is 6.25. The van der Waals surface area contributed by atoms with Crippen LogP contribution in [0, 0.1) is 0 Å². The molecule has 0 aliphatic rings. The SMILES string of the molecule is CCNc1nc(NCCCn2ccnc2)nc(OCC)n1. The van der Waals surface area contributed by atoms with Crippen LogP contribution in [0.3, 0.4) is 0 Å². The van der Waals surface area contributed by atoms with Crippen molar-refractivity contribution in [1.29, 1.82) is 0 Å². The van der Waals surface area contributed by atoms with Gasteiger partial charge in [-0.25, -0.2) is 4.98 Å². The van der Waals surface area contributed by atoms with Gasteiger partial charge >= 0.3 is 6.01 Å². The summed E-state index contributed by atoms with van der Waals surface area (Å²) in [6.07, 6.45) is 6.47. The second-order valence-electron chi connectivity index (χ2n) is 4.31. The quantitative estimate of drug-likeness (QED) is 0.675. The van der Waals surface area contributed by atoms with E-state index in [2.05, 4.69) is 30.6 Å². The first-order valence-corrected chi connectivity index (χ1v) is 7.14. The minimum Gasteiger partial charge on any atom is -0.464 e. The van der Waals surface area contributed by atoms with Crippen LogP contribution in [0.4, 0.5) is 11.9 Å². The fourth-order valence-electron chi connectivity index (χ4n) is 1.75. The lowest BCUT2D eigenvalue weighted by Gasteiger charge is -2.09. The van der Waals surface area contributed by atoms with E-state index in [1.54, 1.807) is 12.5 Å². The minimum atomic E-state index is 0.334. The smallest absolute Gasteiger partial charge is 0.323 e. The van der Waals surface area contributed by atoms with Crippen molar-refractivity contribution in [1.82, 2.24) is 24.5 Å². The van der Waals surface area contributed by atoms with Gasteiger partial charge in [0.15, 0.2) is 0 Å². The van der Waals surface area contributed by atoms with Crippen LogP contribution >= 0.6 is 0 Å². The van der Waals surface area contributed by atoms with E-state index in [4.69, 9.17) is 4.74 Å². The number of imidazole rings is 1. The standard InChI is InChI=1S/C13H21N7O/c1-3-15-11-17-12(19-13(18-11)21-4-2)16-6-5-8-20-9-7-14-10-20/h7,9-10H,3-6,8H2,1-2H3,(H2,15,16,17,18,19). The highest BCUT2D eigenvalue weighted by Crippen LogP contribution is 2.11. The Morgan fingerprint density at radius 1 is 1.14 bits per heavy atom. The molecule has 114 valence electrons. The molecule has 8 heteroatoms. The van der Waals surface area contributed by atoms with Crippen LogP contribution in [-0.4, -0.2) is 44.2 Å². The number of hydrogen-bond donors (Lipinski definition) is 2. The highest BCUT2D eigenvalue weighted by Gasteiger charge is 2.06. The van der Waals surface area contributed by atoms with Gasteiger partial charge in [0.25, 0.3) is 0 Å². The van der Waals surface area contributed by atoms with E-state index < -0.39 is 0 Å². The average Bonchev–Trinajstić information content (AvgIpc) is 2.97. The van der Waals surface area contributed by atoms with Crippen molar-refractivity contribution in [3.05, 3.63) is 18.7 Å². The molecule has 2 rings (SSSR count). The number of anilines is 2. The van der Waals surface area contributed by atoms with Gasteiger partial charge in [-0.1, -0.05) is 0 Å². The molecule has 0 unspecified atom stereocenters. The number of hydrogen-bond acceptors (Lipinski definition) is 7. The van der Waals surface area contributed by atoms with E-state index in [0.29, 0.717) is 24.5 Å². The lowest BCUT2D eigenvalue weighted by atomic mass is 10.4. The predicted molar refractivity (Wildman–Crippen MR) is 80.5 cm³/mol. The molecule has 2 N–H and O–H groups in total. The van der Waals surface area contributed by atoms with Crippen molar-refractivity contribution in [2.75, 3.05) is 30.3 Å². The third kappa shape index (κ3) is 4.90. The Hall–Kier alpha value is -2.38. The Morgan fingerprint density at radius 2 is 1.95 bits per heavy atom. The Bertz CT molecular complexity index is 505. The zero-order valence-corrected chi connectivity index (χ0v) is 12.4. The maximum Gasteiger partial charge on any atom is 0.323 e. The van der Waals surface area contributed by atoms with Crippen LogP contribution in [0.1, 0.15) is 20.3 Å². The largest absolute Gasteiger partial charge is 0.464 e. The molecule has 2 aromatic rings. The van der Waals surface area contributed by atoms with Crippen molar-refractivity contribution >= 4 is 11.9 Å². The van der Waals surface area contributed by atoms with Gasteiger partial charge < -0.3 is 19.9 Å². The molecule has 0 bridgehead atoms. The summed E-state index contributed by atoms with van der Waals surface area (Å²) in [6, 6.07) is 0.334. The van der Waals surface area contributed by atoms with Crippen LogP contribution in [-0.2, 0) is 6.54 Å². The van der Waals surface area contributed by atoms with Gasteiger partial charge in [-0.2, -0.15) is 15.0 Å². The highest BCUT2D eigenvalue weighted by molar-refractivity contribution is 5.35. The van der Waals surface area contributed by atoms with Crippen molar-refractivity contribution in [3.8, 4) is 6.01 Å². The fraction of sp³-hybridized carbons (Fsp3) is 0.538. The molecule has 21 heavy (non-hydrogen) atoms. The Balaban J connectivity index is 1.88. The summed E-state index contributed by atoms with van der Waals surface area (Å²) in [7, 11) is 0. The molecule has 0 fully saturated rings. The van der Waals surface area contributed by atoms with Gasteiger partial charge in [-0.3, -0.25) is 0 Å². The van der Waals surface area contributed by atoms with Crippen LogP contribution < -0.4 is 15.4 Å². The van der Waals surface area contributed by atoms with Crippen LogP contribution in [0.15, 0.2) is 18.7 Å². The number of ether oxygens (including phenoxy) is 1. The molecule has 0 saturated carbocycles. The Morgan fingerprint density at radius 3 is 2.62 bits per heavy atom. The topological polar surface area (TPSA) is 89.8 Å². The molecule has 0 spiro atoms. The van der Waals surface area contributed by atoms with Gasteiger partial charge in [0.1, 0.15) is 0 Å². The van der Waals surface area contributed by atoms with E-state index in [9.17, 15) is 0 Å². The summed E-state index contributed by atoms with van der Waals surface area (Å²) >= 11 is 0. The molecule has 0 aromatic carbocycles. The lowest BCUT2D eigenvalue weighted by Crippen LogP contribution is -2.12. The monoisotopic (exact) mass is 291 g/mol. The van der Waals surface area contributed by atoms with Gasteiger partial charge in [0.05, 0.1) is 12.9 Å². The third-order valence-electron chi connectivity index (χ3n) is 2.66. The molecular formula is C13H21N7O. The zero-order chi connectivity index (χ0) is 14.9. The first-order valence-electron chi connectivity index (χ1n) is 7.14. The van der Waals surface area contributed by atoms with E-state index in [1.807, 2.05) is 24.6 Å². The summed E-state index contributed by atoms with van der Waals surface area (Å²) < 4.78 is 7.38. The summed E-state index contributed by atoms with van der Waals surface area (Å²) in [4.78, 5) is 16.7. The second-order valence-corrected chi connectivity index (χ2v) is 4.31. The first kappa shape index (κ1) is 15.0. The first-order chi connectivity index (χ1) is 10.3. The maximum atomic E-state index is 5.34. The van der Waals surface area contributed by atoms with Gasteiger partial charge in [0, 0.05) is 32.0 Å². The average molecular weight is 291 g/mol.